The smallest absolute Gasteiger partial charge is 0.222 e. The highest BCUT2D eigenvalue weighted by Crippen LogP contribution is 2.33. The molecule has 30 heavy (non-hydrogen) atoms. The standard InChI is InChI=1S/C23H28N6O/c1-3-4-11-26-13-15-9-10-19(30-2)16(12-15)14-29-18-8-6-5-7-17(18)20-21(29)22(24)28-23(25)27-20/h5-10,12,26H,3-4,11,13-14H2,1-2H3,(H4,24,25,27,28). The fourth-order valence-electron chi connectivity index (χ4n) is 3.91. The van der Waals surface area contributed by atoms with Crippen LogP contribution in [0.15, 0.2) is 42.5 Å². The Kier molecular flexibility index (Phi) is 5.72. The van der Waals surface area contributed by atoms with Crippen molar-refractivity contribution in [3.05, 3.63) is 53.6 Å². The zero-order chi connectivity index (χ0) is 21.1. The van der Waals surface area contributed by atoms with Crippen molar-refractivity contribution in [3.8, 4) is 5.75 Å². The number of aromatic nitrogens is 3. The van der Waals surface area contributed by atoms with Crippen molar-refractivity contribution in [2.45, 2.75) is 32.9 Å². The van der Waals surface area contributed by atoms with E-state index in [0.29, 0.717) is 12.4 Å². The Morgan fingerprint density at radius 2 is 1.93 bits per heavy atom. The summed E-state index contributed by atoms with van der Waals surface area (Å²) in [5.74, 6) is 1.40. The van der Waals surface area contributed by atoms with E-state index in [1.807, 2.05) is 24.3 Å². The highest BCUT2D eigenvalue weighted by Gasteiger charge is 2.17. The lowest BCUT2D eigenvalue weighted by atomic mass is 10.1. The summed E-state index contributed by atoms with van der Waals surface area (Å²) in [5.41, 5.74) is 17.0. The summed E-state index contributed by atoms with van der Waals surface area (Å²) in [6.07, 6.45) is 2.36. The van der Waals surface area contributed by atoms with Crippen molar-refractivity contribution in [3.63, 3.8) is 0 Å². The van der Waals surface area contributed by atoms with E-state index in [9.17, 15) is 0 Å². The number of benzene rings is 2. The van der Waals surface area contributed by atoms with E-state index in [1.54, 1.807) is 7.11 Å². The van der Waals surface area contributed by atoms with Crippen LogP contribution in [-0.2, 0) is 13.1 Å². The summed E-state index contributed by atoms with van der Waals surface area (Å²) in [6, 6.07) is 14.4. The first kappa shape index (κ1) is 20.0. The Morgan fingerprint density at radius 3 is 2.73 bits per heavy atom. The largest absolute Gasteiger partial charge is 0.496 e. The molecule has 0 aliphatic rings. The summed E-state index contributed by atoms with van der Waals surface area (Å²) in [4.78, 5) is 8.67. The number of fused-ring (bicyclic) bond motifs is 3. The Balaban J connectivity index is 1.78. The molecule has 0 saturated carbocycles. The number of nitrogens with two attached hydrogens (primary N) is 2. The van der Waals surface area contributed by atoms with E-state index in [0.717, 1.165) is 46.3 Å². The zero-order valence-electron chi connectivity index (χ0n) is 17.5. The van der Waals surface area contributed by atoms with Gasteiger partial charge in [0.1, 0.15) is 16.8 Å². The number of hydrogen-bond donors (Lipinski definition) is 3. The van der Waals surface area contributed by atoms with Crippen LogP contribution in [0, 0.1) is 0 Å². The summed E-state index contributed by atoms with van der Waals surface area (Å²) in [7, 11) is 1.70. The van der Waals surface area contributed by atoms with Gasteiger partial charge in [0.2, 0.25) is 5.95 Å². The lowest BCUT2D eigenvalue weighted by Crippen LogP contribution is -2.15. The van der Waals surface area contributed by atoms with Crippen LogP contribution in [-0.4, -0.2) is 28.2 Å². The second-order valence-corrected chi connectivity index (χ2v) is 7.44. The van der Waals surface area contributed by atoms with Gasteiger partial charge >= 0.3 is 0 Å². The molecule has 4 rings (SSSR count). The number of ether oxygens (including phenoxy) is 1. The molecule has 7 nitrogen and oxygen atoms in total. The van der Waals surface area contributed by atoms with Crippen molar-refractivity contribution in [2.75, 3.05) is 25.1 Å². The van der Waals surface area contributed by atoms with Crippen LogP contribution in [0.2, 0.25) is 0 Å². The highest BCUT2D eigenvalue weighted by molar-refractivity contribution is 6.09. The van der Waals surface area contributed by atoms with Crippen LogP contribution in [0.4, 0.5) is 11.8 Å². The van der Waals surface area contributed by atoms with Gasteiger partial charge in [0.05, 0.1) is 19.2 Å². The predicted octanol–water partition coefficient (Wildman–Crippen LogP) is 3.70. The van der Waals surface area contributed by atoms with Gasteiger partial charge in [0, 0.05) is 17.5 Å². The molecule has 0 aliphatic carbocycles. The number of nitrogen functional groups attached to an aromatic ring is 2. The normalized spacial score (nSPS) is 11.4. The second-order valence-electron chi connectivity index (χ2n) is 7.44. The van der Waals surface area contributed by atoms with Gasteiger partial charge in [-0.15, -0.1) is 0 Å². The number of unbranched alkanes of at least 4 members (excludes halogenated alkanes) is 1. The molecule has 0 bridgehead atoms. The molecule has 2 aromatic carbocycles. The second kappa shape index (κ2) is 8.59. The number of methoxy groups -OCH3 is 1. The molecule has 5 N–H and O–H groups in total. The molecule has 0 fully saturated rings. The Labute approximate surface area is 176 Å². The minimum absolute atomic E-state index is 0.181. The van der Waals surface area contributed by atoms with Gasteiger partial charge in [-0.05, 0) is 36.7 Å². The molecular formula is C23H28N6O. The molecule has 4 aromatic rings. The van der Waals surface area contributed by atoms with Crippen LogP contribution in [0.3, 0.4) is 0 Å². The lowest BCUT2D eigenvalue weighted by Gasteiger charge is -2.14. The first-order valence-corrected chi connectivity index (χ1v) is 10.3. The van der Waals surface area contributed by atoms with Crippen molar-refractivity contribution in [1.29, 1.82) is 0 Å². The van der Waals surface area contributed by atoms with Gasteiger partial charge in [-0.3, -0.25) is 0 Å². The molecule has 0 radical (unpaired) electrons. The van der Waals surface area contributed by atoms with Crippen molar-refractivity contribution >= 4 is 33.7 Å². The van der Waals surface area contributed by atoms with E-state index in [4.69, 9.17) is 16.2 Å². The lowest BCUT2D eigenvalue weighted by molar-refractivity contribution is 0.408. The first-order valence-electron chi connectivity index (χ1n) is 10.3. The number of nitrogens with zero attached hydrogens (tertiary/aromatic N) is 3. The minimum Gasteiger partial charge on any atom is -0.496 e. The highest BCUT2D eigenvalue weighted by atomic mass is 16.5. The molecule has 0 aliphatic heterocycles. The van der Waals surface area contributed by atoms with Gasteiger partial charge in [0.15, 0.2) is 5.82 Å². The average Bonchev–Trinajstić information content (AvgIpc) is 3.05. The quantitative estimate of drug-likeness (QED) is 0.387. The summed E-state index contributed by atoms with van der Waals surface area (Å²) in [5, 5.41) is 4.50. The Morgan fingerprint density at radius 1 is 1.10 bits per heavy atom. The summed E-state index contributed by atoms with van der Waals surface area (Å²) < 4.78 is 7.79. The molecular weight excluding hydrogens is 376 g/mol. The molecule has 0 saturated heterocycles. The van der Waals surface area contributed by atoms with Crippen LogP contribution in [0.5, 0.6) is 5.75 Å². The molecule has 2 aromatic heterocycles. The molecule has 0 amide bonds. The SMILES string of the molecule is CCCCNCc1ccc(OC)c(Cn2c3ccccc3c3nc(N)nc(N)c32)c1. The number of para-hydroxylation sites is 1. The fourth-order valence-corrected chi connectivity index (χ4v) is 3.91. The molecule has 156 valence electrons. The number of nitrogens with one attached hydrogen (secondary N) is 1. The van der Waals surface area contributed by atoms with Crippen LogP contribution >= 0.6 is 0 Å². The van der Waals surface area contributed by atoms with Crippen LogP contribution in [0.25, 0.3) is 21.9 Å². The monoisotopic (exact) mass is 404 g/mol. The number of rotatable bonds is 8. The predicted molar refractivity (Wildman–Crippen MR) is 123 cm³/mol. The van der Waals surface area contributed by atoms with Crippen molar-refractivity contribution < 1.29 is 4.74 Å². The van der Waals surface area contributed by atoms with E-state index in [1.165, 1.54) is 18.4 Å². The van der Waals surface area contributed by atoms with Crippen molar-refractivity contribution in [2.24, 2.45) is 0 Å². The summed E-state index contributed by atoms with van der Waals surface area (Å²) in [6.45, 7) is 4.63. The van der Waals surface area contributed by atoms with Crippen LogP contribution < -0.4 is 21.5 Å². The molecule has 7 heteroatoms. The first-order chi connectivity index (χ1) is 14.6. The molecule has 0 spiro atoms. The van der Waals surface area contributed by atoms with Gasteiger partial charge in [0.25, 0.3) is 0 Å². The maximum atomic E-state index is 6.28. The maximum absolute atomic E-state index is 6.28. The topological polar surface area (TPSA) is 104 Å². The minimum atomic E-state index is 0.181. The number of anilines is 2. The van der Waals surface area contributed by atoms with Gasteiger partial charge < -0.3 is 26.1 Å². The van der Waals surface area contributed by atoms with E-state index >= 15 is 0 Å². The average molecular weight is 405 g/mol. The fraction of sp³-hybridized carbons (Fsp3) is 0.304. The Bertz CT molecular complexity index is 1180. The summed E-state index contributed by atoms with van der Waals surface area (Å²) >= 11 is 0. The molecule has 0 unspecified atom stereocenters. The van der Waals surface area contributed by atoms with E-state index in [2.05, 4.69) is 45.0 Å². The van der Waals surface area contributed by atoms with Crippen molar-refractivity contribution in [1.82, 2.24) is 19.9 Å². The van der Waals surface area contributed by atoms with Gasteiger partial charge in [-0.1, -0.05) is 37.6 Å². The Hall–Kier alpha value is -3.32. The molecule has 0 atom stereocenters. The van der Waals surface area contributed by atoms with E-state index in [-0.39, 0.29) is 5.95 Å². The number of hydrogen-bond acceptors (Lipinski definition) is 6. The third-order valence-corrected chi connectivity index (χ3v) is 5.36. The van der Waals surface area contributed by atoms with Gasteiger partial charge in [-0.2, -0.15) is 4.98 Å². The van der Waals surface area contributed by atoms with E-state index < -0.39 is 0 Å². The molecule has 2 heterocycles. The third kappa shape index (κ3) is 3.76. The maximum Gasteiger partial charge on any atom is 0.222 e. The zero-order valence-corrected chi connectivity index (χ0v) is 17.5. The van der Waals surface area contributed by atoms with Crippen LogP contribution in [0.1, 0.15) is 30.9 Å². The van der Waals surface area contributed by atoms with Gasteiger partial charge in [-0.25, -0.2) is 4.98 Å². The third-order valence-electron chi connectivity index (χ3n) is 5.36.